The molecule has 32 heavy (non-hydrogen) atoms. The Bertz CT molecular complexity index is 883. The molecule has 7 nitrogen and oxygen atoms in total. The summed E-state index contributed by atoms with van der Waals surface area (Å²) in [7, 11) is -1.80. The van der Waals surface area contributed by atoms with Crippen molar-refractivity contribution in [1.29, 1.82) is 0 Å². The minimum absolute atomic E-state index is 0.171. The van der Waals surface area contributed by atoms with E-state index in [1.807, 2.05) is 12.1 Å². The van der Waals surface area contributed by atoms with E-state index in [0.717, 1.165) is 31.2 Å². The minimum atomic E-state index is -3.58. The quantitative estimate of drug-likeness (QED) is 0.576. The van der Waals surface area contributed by atoms with Crippen LogP contribution in [0.1, 0.15) is 70.3 Å². The van der Waals surface area contributed by atoms with Gasteiger partial charge in [-0.25, -0.2) is 8.42 Å². The summed E-state index contributed by atoms with van der Waals surface area (Å²) in [4.78, 5) is 26.9. The Morgan fingerprint density at radius 2 is 1.62 bits per heavy atom. The van der Waals surface area contributed by atoms with Crippen LogP contribution in [0.15, 0.2) is 29.2 Å². The van der Waals surface area contributed by atoms with Gasteiger partial charge in [0.05, 0.1) is 10.8 Å². The molecule has 2 fully saturated rings. The van der Waals surface area contributed by atoms with Crippen LogP contribution in [0.5, 0.6) is 0 Å². The summed E-state index contributed by atoms with van der Waals surface area (Å²) in [6, 6.07) is 7.24. The largest absolute Gasteiger partial charge is 0.455 e. The summed E-state index contributed by atoms with van der Waals surface area (Å²) in [5.74, 6) is -0.621. The van der Waals surface area contributed by atoms with Gasteiger partial charge in [0.1, 0.15) is 0 Å². The molecule has 0 atom stereocenters. The highest BCUT2D eigenvalue weighted by atomic mass is 32.2. The molecule has 1 aromatic rings. The number of benzene rings is 1. The number of esters is 1. The van der Waals surface area contributed by atoms with Gasteiger partial charge in [0, 0.05) is 26.2 Å². The fourth-order valence-electron chi connectivity index (χ4n) is 4.53. The van der Waals surface area contributed by atoms with Crippen LogP contribution in [0.25, 0.3) is 0 Å². The first-order valence-corrected chi connectivity index (χ1v) is 13.2. The number of carbonyl (C=O) groups is 2. The maximum Gasteiger partial charge on any atom is 0.309 e. The summed E-state index contributed by atoms with van der Waals surface area (Å²) in [5, 5.41) is 0. The third-order valence-corrected chi connectivity index (χ3v) is 8.74. The lowest BCUT2D eigenvalue weighted by molar-refractivity contribution is -0.157. The van der Waals surface area contributed by atoms with Crippen molar-refractivity contribution in [2.24, 2.45) is 5.92 Å². The summed E-state index contributed by atoms with van der Waals surface area (Å²) >= 11 is 0. The molecule has 1 aliphatic carbocycles. The van der Waals surface area contributed by atoms with E-state index >= 15 is 0 Å². The van der Waals surface area contributed by atoms with Gasteiger partial charge in [-0.05, 0) is 49.3 Å². The molecule has 178 valence electrons. The normalized spacial score (nSPS) is 19.1. The third-order valence-electron chi connectivity index (χ3n) is 6.83. The Kier molecular flexibility index (Phi) is 8.33. The molecule has 0 radical (unpaired) electrons. The highest BCUT2D eigenvalue weighted by molar-refractivity contribution is 7.89. The lowest BCUT2D eigenvalue weighted by Gasteiger charge is -2.32. The second kappa shape index (κ2) is 10.8. The smallest absolute Gasteiger partial charge is 0.309 e. The number of rotatable bonds is 7. The summed E-state index contributed by atoms with van der Waals surface area (Å²) in [6.07, 6.45) is 6.28. The Balaban J connectivity index is 1.48. The topological polar surface area (TPSA) is 84.0 Å². The molecule has 3 rings (SSSR count). The van der Waals surface area contributed by atoms with Gasteiger partial charge in [-0.15, -0.1) is 0 Å². The minimum Gasteiger partial charge on any atom is -0.455 e. The van der Waals surface area contributed by atoms with Gasteiger partial charge in [0.25, 0.3) is 5.91 Å². The summed E-state index contributed by atoms with van der Waals surface area (Å²) in [6.45, 7) is 4.42. The van der Waals surface area contributed by atoms with Crippen molar-refractivity contribution in [3.05, 3.63) is 29.8 Å². The molecule has 0 spiro atoms. The van der Waals surface area contributed by atoms with Gasteiger partial charge in [0.2, 0.25) is 10.0 Å². The zero-order valence-corrected chi connectivity index (χ0v) is 20.3. The van der Waals surface area contributed by atoms with Gasteiger partial charge in [-0.1, -0.05) is 45.2 Å². The van der Waals surface area contributed by atoms with Gasteiger partial charge in [-0.3, -0.25) is 9.59 Å². The maximum absolute atomic E-state index is 12.9. The number of hydrogen-bond acceptors (Lipinski definition) is 5. The molecule has 1 saturated heterocycles. The van der Waals surface area contributed by atoms with Crippen molar-refractivity contribution in [1.82, 2.24) is 9.21 Å². The first kappa shape index (κ1) is 24.7. The third kappa shape index (κ3) is 5.90. The van der Waals surface area contributed by atoms with Gasteiger partial charge in [0.15, 0.2) is 6.61 Å². The van der Waals surface area contributed by atoms with Crippen LogP contribution in [0, 0.1) is 5.92 Å². The zero-order chi connectivity index (χ0) is 23.3. The van der Waals surface area contributed by atoms with E-state index in [-0.39, 0.29) is 42.5 Å². The predicted molar refractivity (Wildman–Crippen MR) is 123 cm³/mol. The SMILES string of the molecule is CC(C)c1ccc(S(=O)(=O)N2CCC(C(=O)OCC(=O)N(C)C3CCCCC3)CC2)cc1. The van der Waals surface area contributed by atoms with Crippen LogP contribution >= 0.6 is 0 Å². The monoisotopic (exact) mass is 464 g/mol. The molecular weight excluding hydrogens is 428 g/mol. The van der Waals surface area contributed by atoms with Crippen molar-refractivity contribution in [3.8, 4) is 0 Å². The molecule has 1 aliphatic heterocycles. The van der Waals surface area contributed by atoms with Crippen LogP contribution in [0.2, 0.25) is 0 Å². The predicted octanol–water partition coefficient (Wildman–Crippen LogP) is 3.55. The summed E-state index contributed by atoms with van der Waals surface area (Å²) in [5.41, 5.74) is 1.09. The molecule has 1 saturated carbocycles. The summed E-state index contributed by atoms with van der Waals surface area (Å²) < 4.78 is 32.6. The molecule has 1 amide bonds. The number of piperidine rings is 1. The first-order chi connectivity index (χ1) is 15.2. The first-order valence-electron chi connectivity index (χ1n) is 11.7. The fourth-order valence-corrected chi connectivity index (χ4v) is 6.00. The highest BCUT2D eigenvalue weighted by Crippen LogP contribution is 2.26. The molecule has 2 aliphatic rings. The average Bonchev–Trinajstić information content (AvgIpc) is 2.82. The average molecular weight is 465 g/mol. The number of amides is 1. The second-order valence-corrected chi connectivity index (χ2v) is 11.2. The van der Waals surface area contributed by atoms with Crippen molar-refractivity contribution in [3.63, 3.8) is 0 Å². The Labute approximate surface area is 192 Å². The zero-order valence-electron chi connectivity index (χ0n) is 19.5. The van der Waals surface area contributed by atoms with Gasteiger partial charge in [-0.2, -0.15) is 4.31 Å². The van der Waals surface area contributed by atoms with E-state index < -0.39 is 16.0 Å². The van der Waals surface area contributed by atoms with Crippen LogP contribution in [0.4, 0.5) is 0 Å². The van der Waals surface area contributed by atoms with Crippen LogP contribution in [-0.4, -0.2) is 62.3 Å². The van der Waals surface area contributed by atoms with E-state index in [1.165, 1.54) is 10.7 Å². The highest BCUT2D eigenvalue weighted by Gasteiger charge is 2.33. The Hall–Kier alpha value is -1.93. The molecule has 8 heteroatoms. The number of carbonyl (C=O) groups excluding carboxylic acids is 2. The number of likely N-dealkylation sites (N-methyl/N-ethyl adjacent to an activating group) is 1. The van der Waals surface area contributed by atoms with Crippen molar-refractivity contribution >= 4 is 21.9 Å². The number of sulfonamides is 1. The molecule has 1 heterocycles. The van der Waals surface area contributed by atoms with E-state index in [9.17, 15) is 18.0 Å². The van der Waals surface area contributed by atoms with Crippen LogP contribution < -0.4 is 0 Å². The number of ether oxygens (including phenoxy) is 1. The number of hydrogen-bond donors (Lipinski definition) is 0. The van der Waals surface area contributed by atoms with Crippen molar-refractivity contribution in [2.75, 3.05) is 26.7 Å². The van der Waals surface area contributed by atoms with E-state index in [2.05, 4.69) is 13.8 Å². The van der Waals surface area contributed by atoms with Crippen molar-refractivity contribution in [2.45, 2.75) is 75.6 Å². The van der Waals surface area contributed by atoms with Crippen molar-refractivity contribution < 1.29 is 22.7 Å². The van der Waals surface area contributed by atoms with Crippen LogP contribution in [0.3, 0.4) is 0 Å². The molecule has 0 aromatic heterocycles. The standard InChI is InChI=1S/C24H36N2O5S/c1-18(2)19-9-11-22(12-10-19)32(29,30)26-15-13-20(14-16-26)24(28)31-17-23(27)25(3)21-7-5-4-6-8-21/h9-12,18,20-21H,4-8,13-17H2,1-3H3. The van der Waals surface area contributed by atoms with E-state index in [0.29, 0.717) is 18.8 Å². The second-order valence-electron chi connectivity index (χ2n) is 9.31. The molecule has 1 aromatic carbocycles. The van der Waals surface area contributed by atoms with Crippen LogP contribution in [-0.2, 0) is 24.3 Å². The lowest BCUT2D eigenvalue weighted by atomic mass is 9.94. The Morgan fingerprint density at radius 1 is 1.03 bits per heavy atom. The fraction of sp³-hybridized carbons (Fsp3) is 0.667. The van der Waals surface area contributed by atoms with E-state index in [4.69, 9.17) is 4.74 Å². The maximum atomic E-state index is 12.9. The van der Waals surface area contributed by atoms with Gasteiger partial charge < -0.3 is 9.64 Å². The Morgan fingerprint density at radius 3 is 2.19 bits per heavy atom. The molecule has 0 N–H and O–H groups in total. The van der Waals surface area contributed by atoms with E-state index in [1.54, 1.807) is 24.1 Å². The molecular formula is C24H36N2O5S. The molecule has 0 unspecified atom stereocenters. The van der Waals surface area contributed by atoms with Gasteiger partial charge >= 0.3 is 5.97 Å². The molecule has 0 bridgehead atoms. The number of nitrogens with zero attached hydrogens (tertiary/aromatic N) is 2. The lowest BCUT2D eigenvalue weighted by Crippen LogP contribution is -2.42.